The lowest BCUT2D eigenvalue weighted by molar-refractivity contribution is 0.571. The zero-order valence-corrected chi connectivity index (χ0v) is 7.99. The van der Waals surface area contributed by atoms with Crippen LogP contribution in [-0.2, 0) is 0 Å². The molecule has 0 amide bonds. The second kappa shape index (κ2) is 2.44. The van der Waals surface area contributed by atoms with Crippen molar-refractivity contribution < 1.29 is 4.42 Å². The lowest BCUT2D eigenvalue weighted by Crippen LogP contribution is -1.89. The standard InChI is InChI=1S/C7H5IN2O/c1-4-9-6-3-11-2-5(6)7(8)10-4/h2-3H,1H3. The van der Waals surface area contributed by atoms with Crippen LogP contribution in [0.2, 0.25) is 0 Å². The van der Waals surface area contributed by atoms with Gasteiger partial charge in [0.1, 0.15) is 27.6 Å². The van der Waals surface area contributed by atoms with Crippen LogP contribution in [0.1, 0.15) is 5.82 Å². The second-order valence-electron chi connectivity index (χ2n) is 2.23. The molecule has 0 aromatic carbocycles. The Labute approximate surface area is 77.0 Å². The molecule has 0 saturated heterocycles. The highest BCUT2D eigenvalue weighted by Crippen LogP contribution is 2.17. The van der Waals surface area contributed by atoms with Crippen LogP contribution in [0.4, 0.5) is 0 Å². The number of rotatable bonds is 0. The Bertz CT molecular complexity index is 396. The van der Waals surface area contributed by atoms with Crippen molar-refractivity contribution in [3.05, 3.63) is 22.1 Å². The Hall–Kier alpha value is -0.650. The van der Waals surface area contributed by atoms with Crippen molar-refractivity contribution >= 4 is 33.5 Å². The van der Waals surface area contributed by atoms with Crippen molar-refractivity contribution in [3.63, 3.8) is 0 Å². The molecular formula is C7H5IN2O. The zero-order valence-electron chi connectivity index (χ0n) is 5.84. The van der Waals surface area contributed by atoms with Crippen LogP contribution in [0.15, 0.2) is 16.9 Å². The van der Waals surface area contributed by atoms with Gasteiger partial charge in [0.25, 0.3) is 0 Å². The van der Waals surface area contributed by atoms with E-state index in [4.69, 9.17) is 4.42 Å². The third-order valence-corrected chi connectivity index (χ3v) is 2.23. The van der Waals surface area contributed by atoms with Crippen LogP contribution < -0.4 is 0 Å². The highest BCUT2D eigenvalue weighted by Gasteiger charge is 2.03. The van der Waals surface area contributed by atoms with Gasteiger partial charge in [-0.15, -0.1) is 0 Å². The molecule has 0 aliphatic heterocycles. The van der Waals surface area contributed by atoms with E-state index in [2.05, 4.69) is 32.6 Å². The predicted molar refractivity (Wildman–Crippen MR) is 49.3 cm³/mol. The van der Waals surface area contributed by atoms with Crippen molar-refractivity contribution in [1.29, 1.82) is 0 Å². The summed E-state index contributed by atoms with van der Waals surface area (Å²) in [5.41, 5.74) is 0.877. The summed E-state index contributed by atoms with van der Waals surface area (Å²) in [7, 11) is 0. The van der Waals surface area contributed by atoms with E-state index in [0.717, 1.165) is 20.4 Å². The van der Waals surface area contributed by atoms with Crippen molar-refractivity contribution in [2.45, 2.75) is 6.92 Å². The van der Waals surface area contributed by atoms with E-state index in [9.17, 15) is 0 Å². The highest BCUT2D eigenvalue weighted by molar-refractivity contribution is 14.1. The van der Waals surface area contributed by atoms with E-state index < -0.39 is 0 Å². The summed E-state index contributed by atoms with van der Waals surface area (Å²) < 4.78 is 5.94. The minimum atomic E-state index is 0.781. The third-order valence-electron chi connectivity index (χ3n) is 1.41. The Balaban J connectivity index is 2.91. The van der Waals surface area contributed by atoms with Crippen LogP contribution >= 0.6 is 22.6 Å². The first-order chi connectivity index (χ1) is 5.27. The van der Waals surface area contributed by atoms with E-state index in [1.54, 1.807) is 12.5 Å². The maximum absolute atomic E-state index is 4.99. The van der Waals surface area contributed by atoms with Gasteiger partial charge in [0.15, 0.2) is 0 Å². The maximum Gasteiger partial charge on any atom is 0.127 e. The molecule has 11 heavy (non-hydrogen) atoms. The fourth-order valence-electron chi connectivity index (χ4n) is 0.933. The molecule has 0 aliphatic carbocycles. The van der Waals surface area contributed by atoms with E-state index in [-0.39, 0.29) is 0 Å². The maximum atomic E-state index is 4.99. The minimum Gasteiger partial charge on any atom is -0.470 e. The molecule has 4 heteroatoms. The van der Waals surface area contributed by atoms with Gasteiger partial charge in [-0.3, -0.25) is 0 Å². The number of halogens is 1. The normalized spacial score (nSPS) is 10.7. The number of aryl methyl sites for hydroxylation is 1. The van der Waals surface area contributed by atoms with E-state index in [1.165, 1.54) is 0 Å². The highest BCUT2D eigenvalue weighted by atomic mass is 127. The third kappa shape index (κ3) is 1.11. The van der Waals surface area contributed by atoms with Gasteiger partial charge in [0, 0.05) is 0 Å². The van der Waals surface area contributed by atoms with E-state index >= 15 is 0 Å². The van der Waals surface area contributed by atoms with Gasteiger partial charge in [-0.1, -0.05) is 0 Å². The number of hydrogen-bond acceptors (Lipinski definition) is 3. The summed E-state index contributed by atoms with van der Waals surface area (Å²) in [5, 5.41) is 0.983. The molecule has 2 aromatic heterocycles. The Morgan fingerprint density at radius 1 is 1.36 bits per heavy atom. The van der Waals surface area contributed by atoms with Gasteiger partial charge in [0.05, 0.1) is 5.39 Å². The molecule has 0 radical (unpaired) electrons. The van der Waals surface area contributed by atoms with Gasteiger partial charge in [0.2, 0.25) is 0 Å². The summed E-state index contributed by atoms with van der Waals surface area (Å²) >= 11 is 2.17. The monoisotopic (exact) mass is 260 g/mol. The van der Waals surface area contributed by atoms with Gasteiger partial charge in [-0.05, 0) is 29.5 Å². The van der Waals surface area contributed by atoms with Gasteiger partial charge >= 0.3 is 0 Å². The van der Waals surface area contributed by atoms with Gasteiger partial charge in [-0.2, -0.15) is 0 Å². The zero-order chi connectivity index (χ0) is 7.84. The first kappa shape index (κ1) is 7.02. The molecule has 0 aliphatic rings. The summed E-state index contributed by atoms with van der Waals surface area (Å²) in [6.07, 6.45) is 3.29. The summed E-state index contributed by atoms with van der Waals surface area (Å²) in [5.74, 6) is 0.781. The fraction of sp³-hybridized carbons (Fsp3) is 0.143. The lowest BCUT2D eigenvalue weighted by Gasteiger charge is -1.92. The number of furan rings is 1. The van der Waals surface area contributed by atoms with Gasteiger partial charge < -0.3 is 4.42 Å². The van der Waals surface area contributed by atoms with Crippen LogP contribution in [0, 0.1) is 10.6 Å². The molecule has 0 bridgehead atoms. The fourth-order valence-corrected chi connectivity index (χ4v) is 1.69. The smallest absolute Gasteiger partial charge is 0.127 e. The van der Waals surface area contributed by atoms with Crippen LogP contribution in [-0.4, -0.2) is 9.97 Å². The molecule has 0 N–H and O–H groups in total. The lowest BCUT2D eigenvalue weighted by atomic mass is 10.4. The molecule has 0 saturated carbocycles. The average Bonchev–Trinajstić information content (AvgIpc) is 2.34. The quantitative estimate of drug-likeness (QED) is 0.538. The second-order valence-corrected chi connectivity index (χ2v) is 3.25. The molecule has 2 heterocycles. The predicted octanol–water partition coefficient (Wildman–Crippen LogP) is 2.14. The Morgan fingerprint density at radius 3 is 3.00 bits per heavy atom. The number of hydrogen-bond donors (Lipinski definition) is 0. The summed E-state index contributed by atoms with van der Waals surface area (Å²) in [4.78, 5) is 8.38. The minimum absolute atomic E-state index is 0.781. The summed E-state index contributed by atoms with van der Waals surface area (Å²) in [6, 6.07) is 0. The molecule has 3 nitrogen and oxygen atoms in total. The first-order valence-corrected chi connectivity index (χ1v) is 4.21. The van der Waals surface area contributed by atoms with Crippen LogP contribution in [0.3, 0.4) is 0 Å². The average molecular weight is 260 g/mol. The van der Waals surface area contributed by atoms with E-state index in [0.29, 0.717) is 0 Å². The molecule has 0 spiro atoms. The van der Waals surface area contributed by atoms with E-state index in [1.807, 2.05) is 6.92 Å². The van der Waals surface area contributed by atoms with Crippen LogP contribution in [0.25, 0.3) is 10.9 Å². The van der Waals surface area contributed by atoms with Crippen LogP contribution in [0.5, 0.6) is 0 Å². The van der Waals surface area contributed by atoms with Crippen molar-refractivity contribution in [2.24, 2.45) is 0 Å². The largest absolute Gasteiger partial charge is 0.470 e. The van der Waals surface area contributed by atoms with Crippen molar-refractivity contribution in [1.82, 2.24) is 9.97 Å². The molecule has 2 rings (SSSR count). The Kier molecular flexibility index (Phi) is 1.56. The Morgan fingerprint density at radius 2 is 2.18 bits per heavy atom. The molecule has 2 aromatic rings. The topological polar surface area (TPSA) is 38.9 Å². The molecule has 0 fully saturated rings. The van der Waals surface area contributed by atoms with Crippen molar-refractivity contribution in [2.75, 3.05) is 0 Å². The van der Waals surface area contributed by atoms with Crippen molar-refractivity contribution in [3.8, 4) is 0 Å². The SMILES string of the molecule is Cc1nc(I)c2cocc2n1. The van der Waals surface area contributed by atoms with Gasteiger partial charge in [-0.25, -0.2) is 9.97 Å². The number of fused-ring (bicyclic) bond motifs is 1. The number of nitrogens with zero attached hydrogens (tertiary/aromatic N) is 2. The molecule has 0 atom stereocenters. The number of aromatic nitrogens is 2. The molecule has 0 unspecified atom stereocenters. The summed E-state index contributed by atoms with van der Waals surface area (Å²) in [6.45, 7) is 1.87. The molecule has 56 valence electrons. The first-order valence-electron chi connectivity index (χ1n) is 3.13. The molecular weight excluding hydrogens is 255 g/mol.